The van der Waals surface area contributed by atoms with Crippen molar-refractivity contribution in [3.63, 3.8) is 0 Å². The zero-order chi connectivity index (χ0) is 12.5. The molecule has 3 fully saturated rings. The summed E-state index contributed by atoms with van der Waals surface area (Å²) < 4.78 is 0. The first kappa shape index (κ1) is 12.1. The monoisotopic (exact) mass is 251 g/mol. The molecule has 0 aromatic rings. The van der Waals surface area contributed by atoms with E-state index < -0.39 is 0 Å². The maximum absolute atomic E-state index is 11.8. The lowest BCUT2D eigenvalue weighted by Crippen LogP contribution is -2.46. The van der Waals surface area contributed by atoms with E-state index in [9.17, 15) is 9.59 Å². The fraction of sp³-hybridized carbons (Fsp3) is 0.846. The predicted molar refractivity (Wildman–Crippen MR) is 66.9 cm³/mol. The number of amides is 2. The first-order valence-corrected chi connectivity index (χ1v) is 7.04. The van der Waals surface area contributed by atoms with Crippen LogP contribution < -0.4 is 10.6 Å². The first-order valence-electron chi connectivity index (χ1n) is 7.04. The minimum atomic E-state index is -0.195. The highest BCUT2D eigenvalue weighted by molar-refractivity contribution is 6.05. The summed E-state index contributed by atoms with van der Waals surface area (Å²) >= 11 is 0. The Balaban J connectivity index is 1.64. The van der Waals surface area contributed by atoms with E-state index in [0.717, 1.165) is 19.6 Å². The van der Waals surface area contributed by atoms with Gasteiger partial charge >= 0.3 is 0 Å². The van der Waals surface area contributed by atoms with Gasteiger partial charge in [0, 0.05) is 12.6 Å². The second-order valence-corrected chi connectivity index (χ2v) is 5.75. The minimum Gasteiger partial charge on any atom is -0.317 e. The summed E-state index contributed by atoms with van der Waals surface area (Å²) in [5, 5.41) is 5.80. The summed E-state index contributed by atoms with van der Waals surface area (Å²) in [7, 11) is 0. The van der Waals surface area contributed by atoms with Gasteiger partial charge < -0.3 is 5.32 Å². The summed E-state index contributed by atoms with van der Waals surface area (Å²) in [5.41, 5.74) is 0. The van der Waals surface area contributed by atoms with E-state index in [1.807, 2.05) is 0 Å². The quantitative estimate of drug-likeness (QED) is 0.683. The Hall–Kier alpha value is -0.940. The third kappa shape index (κ3) is 2.57. The molecule has 5 heteroatoms. The van der Waals surface area contributed by atoms with Gasteiger partial charge in [-0.05, 0) is 44.7 Å². The lowest BCUT2D eigenvalue weighted by Gasteiger charge is -2.32. The molecule has 0 aromatic carbocycles. The molecule has 1 saturated carbocycles. The average Bonchev–Trinajstić information content (AvgIpc) is 3.14. The number of rotatable bonds is 4. The van der Waals surface area contributed by atoms with Gasteiger partial charge in [-0.3, -0.25) is 19.8 Å². The summed E-state index contributed by atoms with van der Waals surface area (Å²) in [6.45, 7) is 3.15. The number of hydrogen-bond donors (Lipinski definition) is 2. The Bertz CT molecular complexity index is 348. The highest BCUT2D eigenvalue weighted by Crippen LogP contribution is 2.32. The summed E-state index contributed by atoms with van der Waals surface area (Å²) in [6, 6.07) is 0.349. The average molecular weight is 251 g/mol. The van der Waals surface area contributed by atoms with E-state index in [2.05, 4.69) is 15.5 Å². The molecule has 2 saturated heterocycles. The molecule has 3 rings (SSSR count). The number of nitrogens with zero attached hydrogens (tertiary/aromatic N) is 1. The lowest BCUT2D eigenvalue weighted by atomic mass is 9.96. The first-order chi connectivity index (χ1) is 8.74. The van der Waals surface area contributed by atoms with Gasteiger partial charge in [0.15, 0.2) is 0 Å². The van der Waals surface area contributed by atoms with Gasteiger partial charge in [-0.2, -0.15) is 0 Å². The topological polar surface area (TPSA) is 61.4 Å². The molecule has 18 heavy (non-hydrogen) atoms. The molecule has 100 valence electrons. The van der Waals surface area contributed by atoms with E-state index in [-0.39, 0.29) is 17.9 Å². The molecule has 0 bridgehead atoms. The van der Waals surface area contributed by atoms with Crippen LogP contribution in [-0.4, -0.2) is 48.4 Å². The van der Waals surface area contributed by atoms with Gasteiger partial charge in [0.1, 0.15) is 0 Å². The Kier molecular flexibility index (Phi) is 3.35. The standard InChI is InChI=1S/C13H21N3O2/c17-12-7-11(13(18)15-12)16(10-1-2-10)8-9-3-5-14-6-4-9/h9-11,14H,1-8H2,(H,15,17,18). The van der Waals surface area contributed by atoms with Crippen LogP contribution in [-0.2, 0) is 9.59 Å². The van der Waals surface area contributed by atoms with Crippen molar-refractivity contribution in [3.05, 3.63) is 0 Å². The fourth-order valence-electron chi connectivity index (χ4n) is 3.11. The van der Waals surface area contributed by atoms with Crippen molar-refractivity contribution in [2.24, 2.45) is 5.92 Å². The van der Waals surface area contributed by atoms with Crippen LogP contribution in [0.2, 0.25) is 0 Å². The zero-order valence-corrected chi connectivity index (χ0v) is 10.7. The van der Waals surface area contributed by atoms with Crippen molar-refractivity contribution in [2.75, 3.05) is 19.6 Å². The number of nitrogens with one attached hydrogen (secondary N) is 2. The van der Waals surface area contributed by atoms with Gasteiger partial charge in [0.2, 0.25) is 11.8 Å². The Morgan fingerprint density at radius 2 is 1.83 bits per heavy atom. The van der Waals surface area contributed by atoms with Crippen LogP contribution in [0.15, 0.2) is 0 Å². The number of carbonyl (C=O) groups excluding carboxylic acids is 2. The highest BCUT2D eigenvalue weighted by Gasteiger charge is 2.42. The normalized spacial score (nSPS) is 29.9. The lowest BCUT2D eigenvalue weighted by molar-refractivity contribution is -0.126. The van der Waals surface area contributed by atoms with Crippen LogP contribution in [0.5, 0.6) is 0 Å². The van der Waals surface area contributed by atoms with E-state index in [4.69, 9.17) is 0 Å². The smallest absolute Gasteiger partial charge is 0.244 e. The molecular formula is C13H21N3O2. The molecule has 0 spiro atoms. The van der Waals surface area contributed by atoms with Crippen molar-refractivity contribution in [2.45, 2.75) is 44.2 Å². The Morgan fingerprint density at radius 1 is 1.11 bits per heavy atom. The molecule has 1 aliphatic carbocycles. The SMILES string of the molecule is O=C1CC(N(CC2CCNCC2)C2CC2)C(=O)N1. The molecule has 0 radical (unpaired) electrons. The zero-order valence-electron chi connectivity index (χ0n) is 10.7. The number of carbonyl (C=O) groups is 2. The Morgan fingerprint density at radius 3 is 2.39 bits per heavy atom. The summed E-state index contributed by atoms with van der Waals surface area (Å²) in [5.74, 6) is 0.483. The molecule has 2 N–H and O–H groups in total. The molecule has 3 aliphatic rings. The van der Waals surface area contributed by atoms with Gasteiger partial charge in [-0.15, -0.1) is 0 Å². The maximum Gasteiger partial charge on any atom is 0.244 e. The molecule has 0 aromatic heterocycles. The minimum absolute atomic E-state index is 0.0826. The second kappa shape index (κ2) is 4.97. The highest BCUT2D eigenvalue weighted by atomic mass is 16.2. The van der Waals surface area contributed by atoms with Crippen molar-refractivity contribution in [1.29, 1.82) is 0 Å². The number of hydrogen-bond acceptors (Lipinski definition) is 4. The molecule has 1 unspecified atom stereocenters. The third-order valence-corrected chi connectivity index (χ3v) is 4.29. The maximum atomic E-state index is 11.8. The molecule has 2 heterocycles. The van der Waals surface area contributed by atoms with Crippen LogP contribution in [0.25, 0.3) is 0 Å². The Labute approximate surface area is 107 Å². The van der Waals surface area contributed by atoms with Crippen LogP contribution in [0.3, 0.4) is 0 Å². The van der Waals surface area contributed by atoms with Crippen molar-refractivity contribution < 1.29 is 9.59 Å². The van der Waals surface area contributed by atoms with Crippen LogP contribution >= 0.6 is 0 Å². The van der Waals surface area contributed by atoms with Crippen molar-refractivity contribution >= 4 is 11.8 Å². The third-order valence-electron chi connectivity index (χ3n) is 4.29. The second-order valence-electron chi connectivity index (χ2n) is 5.75. The van der Waals surface area contributed by atoms with Gasteiger partial charge in [0.05, 0.1) is 12.5 Å². The van der Waals surface area contributed by atoms with E-state index in [1.165, 1.54) is 25.7 Å². The van der Waals surface area contributed by atoms with Crippen LogP contribution in [0.4, 0.5) is 0 Å². The molecular weight excluding hydrogens is 230 g/mol. The largest absolute Gasteiger partial charge is 0.317 e. The molecule has 2 amide bonds. The van der Waals surface area contributed by atoms with Gasteiger partial charge in [0.25, 0.3) is 0 Å². The molecule has 5 nitrogen and oxygen atoms in total. The number of piperidine rings is 1. The van der Waals surface area contributed by atoms with Crippen molar-refractivity contribution in [1.82, 2.24) is 15.5 Å². The summed E-state index contributed by atoms with van der Waals surface area (Å²) in [6.07, 6.45) is 5.10. The predicted octanol–water partition coefficient (Wildman–Crippen LogP) is -0.134. The summed E-state index contributed by atoms with van der Waals surface area (Å²) in [4.78, 5) is 25.5. The van der Waals surface area contributed by atoms with Crippen LogP contribution in [0, 0.1) is 5.92 Å². The van der Waals surface area contributed by atoms with Gasteiger partial charge in [-0.1, -0.05) is 0 Å². The van der Waals surface area contributed by atoms with Crippen LogP contribution in [0.1, 0.15) is 32.1 Å². The molecule has 1 atom stereocenters. The van der Waals surface area contributed by atoms with E-state index in [1.54, 1.807) is 0 Å². The van der Waals surface area contributed by atoms with Crippen molar-refractivity contribution in [3.8, 4) is 0 Å². The molecule has 2 aliphatic heterocycles. The van der Waals surface area contributed by atoms with E-state index in [0.29, 0.717) is 18.4 Å². The number of imide groups is 1. The van der Waals surface area contributed by atoms with E-state index >= 15 is 0 Å². The van der Waals surface area contributed by atoms with Gasteiger partial charge in [-0.25, -0.2) is 0 Å². The fourth-order valence-corrected chi connectivity index (χ4v) is 3.11.